The zero-order valence-electron chi connectivity index (χ0n) is 10.5. The normalized spacial score (nSPS) is 11.4. The minimum Gasteiger partial charge on any atom is -0.446 e. The van der Waals surface area contributed by atoms with E-state index in [4.69, 9.17) is 4.42 Å². The zero-order valence-corrected chi connectivity index (χ0v) is 11.3. The second kappa shape index (κ2) is 5.85. The Morgan fingerprint density at radius 1 is 1.26 bits per heavy atom. The van der Waals surface area contributed by atoms with E-state index in [1.165, 1.54) is 12.3 Å². The third-order valence-electron chi connectivity index (χ3n) is 2.35. The van der Waals surface area contributed by atoms with Crippen molar-refractivity contribution < 1.29 is 12.8 Å². The van der Waals surface area contributed by atoms with Crippen LogP contribution in [-0.2, 0) is 16.6 Å². The van der Waals surface area contributed by atoms with Crippen molar-refractivity contribution in [2.45, 2.75) is 18.6 Å². The Hall–Kier alpha value is -1.86. The second-order valence-electron chi connectivity index (χ2n) is 3.82. The van der Waals surface area contributed by atoms with Crippen LogP contribution in [0.3, 0.4) is 0 Å². The molecule has 6 nitrogen and oxygen atoms in total. The number of nitrogens with one attached hydrogen (secondary N) is 2. The number of hydrogen-bond acceptors (Lipinski definition) is 5. The predicted molar refractivity (Wildman–Crippen MR) is 71.1 cm³/mol. The summed E-state index contributed by atoms with van der Waals surface area (Å²) in [6, 6.07) is 8.04. The Morgan fingerprint density at radius 3 is 2.79 bits per heavy atom. The van der Waals surface area contributed by atoms with Crippen LogP contribution in [0.1, 0.15) is 12.7 Å². The average molecular weight is 281 g/mol. The van der Waals surface area contributed by atoms with Gasteiger partial charge in [0.25, 0.3) is 10.0 Å². The molecule has 0 fully saturated rings. The molecule has 2 aromatic rings. The lowest BCUT2D eigenvalue weighted by Crippen LogP contribution is -2.13. The largest absolute Gasteiger partial charge is 0.446 e. The number of aromatic nitrogens is 1. The van der Waals surface area contributed by atoms with Gasteiger partial charge in [-0.3, -0.25) is 4.72 Å². The van der Waals surface area contributed by atoms with E-state index >= 15 is 0 Å². The van der Waals surface area contributed by atoms with E-state index in [2.05, 4.69) is 15.0 Å². The monoisotopic (exact) mass is 281 g/mol. The van der Waals surface area contributed by atoms with E-state index in [1.54, 1.807) is 24.3 Å². The van der Waals surface area contributed by atoms with Gasteiger partial charge in [0.2, 0.25) is 5.09 Å². The lowest BCUT2D eigenvalue weighted by molar-refractivity contribution is 0.405. The smallest absolute Gasteiger partial charge is 0.296 e. The van der Waals surface area contributed by atoms with Crippen molar-refractivity contribution in [1.82, 2.24) is 10.3 Å². The summed E-state index contributed by atoms with van der Waals surface area (Å²) < 4.78 is 31.7. The van der Waals surface area contributed by atoms with E-state index in [0.29, 0.717) is 12.3 Å². The van der Waals surface area contributed by atoms with Crippen LogP contribution in [0.25, 0.3) is 0 Å². The summed E-state index contributed by atoms with van der Waals surface area (Å²) in [5.74, 6) is 0.829. The summed E-state index contributed by atoms with van der Waals surface area (Å²) in [5.41, 5.74) is 0. The van der Waals surface area contributed by atoms with Gasteiger partial charge in [-0.15, -0.1) is 0 Å². The summed E-state index contributed by atoms with van der Waals surface area (Å²) in [4.78, 5) is 3.90. The molecule has 2 aromatic heterocycles. The summed E-state index contributed by atoms with van der Waals surface area (Å²) in [7, 11) is -3.72. The Balaban J connectivity index is 2.13. The first-order valence-electron chi connectivity index (χ1n) is 5.85. The number of anilines is 1. The van der Waals surface area contributed by atoms with E-state index in [1.807, 2.05) is 6.92 Å². The molecule has 0 unspecified atom stereocenters. The molecule has 0 aromatic carbocycles. The lowest BCUT2D eigenvalue weighted by Gasteiger charge is -2.04. The van der Waals surface area contributed by atoms with Crippen LogP contribution in [-0.4, -0.2) is 19.9 Å². The molecule has 0 amide bonds. The van der Waals surface area contributed by atoms with Crippen LogP contribution < -0.4 is 10.0 Å². The fourth-order valence-electron chi connectivity index (χ4n) is 1.46. The highest BCUT2D eigenvalue weighted by molar-refractivity contribution is 7.92. The van der Waals surface area contributed by atoms with Gasteiger partial charge >= 0.3 is 0 Å². The molecule has 2 heterocycles. The summed E-state index contributed by atoms with van der Waals surface area (Å²) in [6.45, 7) is 3.24. The topological polar surface area (TPSA) is 84.2 Å². The molecular formula is C12H15N3O3S. The van der Waals surface area contributed by atoms with Gasteiger partial charge in [-0.1, -0.05) is 13.0 Å². The van der Waals surface area contributed by atoms with Crippen molar-refractivity contribution >= 4 is 15.8 Å². The molecule has 0 saturated heterocycles. The Bertz CT molecular complexity index is 623. The van der Waals surface area contributed by atoms with Gasteiger partial charge in [0.05, 0.1) is 6.54 Å². The zero-order chi connectivity index (χ0) is 13.7. The first kappa shape index (κ1) is 13.6. The SMILES string of the molecule is CCNCc1ccc(S(=O)(=O)Nc2ccccn2)o1. The molecule has 0 spiro atoms. The maximum absolute atomic E-state index is 12.0. The minimum atomic E-state index is -3.72. The molecule has 0 bridgehead atoms. The van der Waals surface area contributed by atoms with Crippen molar-refractivity contribution in [2.24, 2.45) is 0 Å². The second-order valence-corrected chi connectivity index (χ2v) is 5.43. The summed E-state index contributed by atoms with van der Waals surface area (Å²) >= 11 is 0. The number of furan rings is 1. The molecule has 2 rings (SSSR count). The van der Waals surface area contributed by atoms with Gasteiger partial charge in [0.15, 0.2) is 0 Å². The fourth-order valence-corrected chi connectivity index (χ4v) is 2.42. The third-order valence-corrected chi connectivity index (χ3v) is 3.58. The predicted octanol–water partition coefficient (Wildman–Crippen LogP) is 1.58. The summed E-state index contributed by atoms with van der Waals surface area (Å²) in [6.07, 6.45) is 1.51. The van der Waals surface area contributed by atoms with Crippen molar-refractivity contribution in [3.05, 3.63) is 42.3 Å². The maximum Gasteiger partial charge on any atom is 0.296 e. The molecular weight excluding hydrogens is 266 g/mol. The lowest BCUT2D eigenvalue weighted by atomic mass is 10.4. The molecule has 2 N–H and O–H groups in total. The molecule has 7 heteroatoms. The van der Waals surface area contributed by atoms with Gasteiger partial charge in [-0.2, -0.15) is 8.42 Å². The van der Waals surface area contributed by atoms with E-state index in [-0.39, 0.29) is 10.9 Å². The van der Waals surface area contributed by atoms with Crippen LogP contribution in [0.2, 0.25) is 0 Å². The van der Waals surface area contributed by atoms with Crippen LogP contribution in [0, 0.1) is 0 Å². The van der Waals surface area contributed by atoms with E-state index < -0.39 is 10.0 Å². The molecule has 0 aliphatic rings. The molecule has 0 aliphatic heterocycles. The Kier molecular flexibility index (Phi) is 4.18. The highest BCUT2D eigenvalue weighted by atomic mass is 32.2. The van der Waals surface area contributed by atoms with E-state index in [0.717, 1.165) is 6.54 Å². The number of sulfonamides is 1. The van der Waals surface area contributed by atoms with Crippen molar-refractivity contribution in [3.8, 4) is 0 Å². The highest BCUT2D eigenvalue weighted by Gasteiger charge is 2.19. The molecule has 19 heavy (non-hydrogen) atoms. The molecule has 0 aliphatic carbocycles. The Labute approximate surface area is 111 Å². The highest BCUT2D eigenvalue weighted by Crippen LogP contribution is 2.17. The first-order chi connectivity index (χ1) is 9.12. The standard InChI is InChI=1S/C12H15N3O3S/c1-2-13-9-10-6-7-12(18-10)19(16,17)15-11-5-3-4-8-14-11/h3-8,13H,2,9H2,1H3,(H,14,15). The van der Waals surface area contributed by atoms with Gasteiger partial charge in [-0.25, -0.2) is 4.98 Å². The van der Waals surface area contributed by atoms with Crippen LogP contribution in [0.15, 0.2) is 46.0 Å². The van der Waals surface area contributed by atoms with Crippen LogP contribution in [0.4, 0.5) is 5.82 Å². The first-order valence-corrected chi connectivity index (χ1v) is 7.33. The van der Waals surface area contributed by atoms with E-state index in [9.17, 15) is 8.42 Å². The number of nitrogens with zero attached hydrogens (tertiary/aromatic N) is 1. The quantitative estimate of drug-likeness (QED) is 0.840. The van der Waals surface area contributed by atoms with Crippen molar-refractivity contribution in [3.63, 3.8) is 0 Å². The summed E-state index contributed by atoms with van der Waals surface area (Å²) in [5, 5.41) is 2.94. The maximum atomic E-state index is 12.0. The molecule has 0 saturated carbocycles. The molecule has 0 radical (unpaired) electrons. The average Bonchev–Trinajstić information content (AvgIpc) is 2.86. The van der Waals surface area contributed by atoms with Gasteiger partial charge < -0.3 is 9.73 Å². The van der Waals surface area contributed by atoms with Gasteiger partial charge in [0, 0.05) is 6.20 Å². The van der Waals surface area contributed by atoms with Crippen LogP contribution in [0.5, 0.6) is 0 Å². The number of pyridine rings is 1. The van der Waals surface area contributed by atoms with Crippen molar-refractivity contribution in [1.29, 1.82) is 0 Å². The van der Waals surface area contributed by atoms with Crippen LogP contribution >= 0.6 is 0 Å². The van der Waals surface area contributed by atoms with Gasteiger partial charge in [-0.05, 0) is 30.8 Å². The number of hydrogen-bond donors (Lipinski definition) is 2. The van der Waals surface area contributed by atoms with Gasteiger partial charge in [0.1, 0.15) is 11.6 Å². The minimum absolute atomic E-state index is 0.119. The van der Waals surface area contributed by atoms with Crippen molar-refractivity contribution in [2.75, 3.05) is 11.3 Å². The molecule has 0 atom stereocenters. The number of rotatable bonds is 6. The third kappa shape index (κ3) is 3.55. The Morgan fingerprint density at radius 2 is 2.11 bits per heavy atom. The fraction of sp³-hybridized carbons (Fsp3) is 0.250. The molecule has 102 valence electrons.